The lowest BCUT2D eigenvalue weighted by molar-refractivity contribution is -0.117. The SMILES string of the molecule is CCCCc1nc(Cl)c(C(=O)NCC(N)=O)n1Cc1ccc2oc(-c3ccccc3-c3nn[nH]n3)c(Br)c2c1. The maximum absolute atomic E-state index is 12.9. The molecule has 0 spiro atoms. The monoisotopic (exact) mass is 610 g/mol. The summed E-state index contributed by atoms with van der Waals surface area (Å²) in [6.07, 6.45) is 2.48. The van der Waals surface area contributed by atoms with E-state index >= 15 is 0 Å². The summed E-state index contributed by atoms with van der Waals surface area (Å²) in [6, 6.07) is 13.4. The van der Waals surface area contributed by atoms with E-state index in [0.717, 1.165) is 39.4 Å². The Hall–Kier alpha value is -4.03. The van der Waals surface area contributed by atoms with Crippen molar-refractivity contribution in [3.63, 3.8) is 0 Å². The fraction of sp³-hybridized carbons (Fsp3) is 0.231. The number of aromatic amines is 1. The second-order valence-corrected chi connectivity index (χ2v) is 10.0. The fourth-order valence-electron chi connectivity index (χ4n) is 4.35. The first kappa shape index (κ1) is 26.6. The summed E-state index contributed by atoms with van der Waals surface area (Å²) in [5, 5.41) is 17.8. The standard InChI is InChI=1S/C26H24BrClN8O3/c1-2-3-8-20-31-24(28)22(26(38)30-12-19(29)37)36(20)13-14-9-10-18-17(11-14)21(27)23(39-18)15-6-4-5-7-16(15)25-32-34-35-33-25/h4-7,9-11H,2-3,8,12-13H2,1H3,(H2,29,37)(H,30,38)(H,32,33,34,35). The molecule has 39 heavy (non-hydrogen) atoms. The molecule has 0 aliphatic heterocycles. The second-order valence-electron chi connectivity index (χ2n) is 8.86. The molecule has 0 radical (unpaired) electrons. The number of carbonyl (C=O) groups excluding carboxylic acids is 2. The van der Waals surface area contributed by atoms with E-state index in [0.29, 0.717) is 36.0 Å². The number of tetrazole rings is 1. The molecule has 5 rings (SSSR count). The average Bonchev–Trinajstić information content (AvgIpc) is 3.65. The number of furan rings is 1. The van der Waals surface area contributed by atoms with Gasteiger partial charge >= 0.3 is 0 Å². The molecule has 4 N–H and O–H groups in total. The van der Waals surface area contributed by atoms with Crippen LogP contribution in [0.25, 0.3) is 33.7 Å². The molecule has 0 fully saturated rings. The van der Waals surface area contributed by atoms with Crippen LogP contribution in [0.5, 0.6) is 0 Å². The van der Waals surface area contributed by atoms with E-state index in [1.807, 2.05) is 42.5 Å². The predicted octanol–water partition coefficient (Wildman–Crippen LogP) is 4.50. The number of nitrogens with zero attached hydrogens (tertiary/aromatic N) is 5. The summed E-state index contributed by atoms with van der Waals surface area (Å²) in [5.74, 6) is 0.608. The van der Waals surface area contributed by atoms with Crippen molar-refractivity contribution < 1.29 is 14.0 Å². The lowest BCUT2D eigenvalue weighted by atomic mass is 10.0. The number of H-pyrrole nitrogens is 1. The van der Waals surface area contributed by atoms with Crippen LogP contribution in [0.4, 0.5) is 0 Å². The molecule has 0 unspecified atom stereocenters. The van der Waals surface area contributed by atoms with E-state index in [1.165, 1.54) is 0 Å². The quantitative estimate of drug-likeness (QED) is 0.210. The summed E-state index contributed by atoms with van der Waals surface area (Å²) in [5.41, 5.74) is 8.54. The van der Waals surface area contributed by atoms with E-state index in [9.17, 15) is 9.59 Å². The van der Waals surface area contributed by atoms with Crippen LogP contribution in [0.2, 0.25) is 5.15 Å². The van der Waals surface area contributed by atoms with Crippen LogP contribution < -0.4 is 11.1 Å². The Bertz CT molecular complexity index is 1660. The topological polar surface area (TPSA) is 158 Å². The molecule has 3 heterocycles. The third-order valence-corrected chi connectivity index (χ3v) is 7.24. The number of hydrogen-bond acceptors (Lipinski definition) is 7. The van der Waals surface area contributed by atoms with Crippen LogP contribution in [0.1, 0.15) is 41.6 Å². The zero-order chi connectivity index (χ0) is 27.5. The van der Waals surface area contributed by atoms with Gasteiger partial charge in [-0.2, -0.15) is 5.21 Å². The van der Waals surface area contributed by atoms with Gasteiger partial charge in [0.2, 0.25) is 11.7 Å². The van der Waals surface area contributed by atoms with Gasteiger partial charge in [0, 0.05) is 29.5 Å². The van der Waals surface area contributed by atoms with Crippen LogP contribution in [-0.4, -0.2) is 48.5 Å². The predicted molar refractivity (Wildman–Crippen MR) is 149 cm³/mol. The number of nitrogens with one attached hydrogen (secondary N) is 2. The van der Waals surface area contributed by atoms with E-state index in [2.05, 4.69) is 53.8 Å². The first-order valence-electron chi connectivity index (χ1n) is 12.2. The Morgan fingerprint density at radius 1 is 1.21 bits per heavy atom. The lowest BCUT2D eigenvalue weighted by Gasteiger charge is -2.12. The minimum Gasteiger partial charge on any atom is -0.455 e. The van der Waals surface area contributed by atoms with Crippen LogP contribution in [-0.2, 0) is 17.8 Å². The number of primary amides is 1. The van der Waals surface area contributed by atoms with Gasteiger partial charge in [0.1, 0.15) is 22.9 Å². The molecule has 0 bridgehead atoms. The molecule has 200 valence electrons. The smallest absolute Gasteiger partial charge is 0.271 e. The van der Waals surface area contributed by atoms with Gasteiger partial charge in [0.05, 0.1) is 11.0 Å². The Morgan fingerprint density at radius 2 is 2.00 bits per heavy atom. The van der Waals surface area contributed by atoms with Gasteiger partial charge in [-0.1, -0.05) is 55.3 Å². The molecule has 2 amide bonds. The van der Waals surface area contributed by atoms with Crippen molar-refractivity contribution in [3.05, 3.63) is 69.2 Å². The molecule has 0 atom stereocenters. The highest BCUT2D eigenvalue weighted by atomic mass is 79.9. The maximum Gasteiger partial charge on any atom is 0.271 e. The van der Waals surface area contributed by atoms with E-state index in [1.54, 1.807) is 4.57 Å². The number of unbranched alkanes of at least 4 members (excludes halogenated alkanes) is 1. The Labute approximate surface area is 236 Å². The maximum atomic E-state index is 12.9. The summed E-state index contributed by atoms with van der Waals surface area (Å²) < 4.78 is 8.80. The highest BCUT2D eigenvalue weighted by Crippen LogP contribution is 2.41. The van der Waals surface area contributed by atoms with Crippen molar-refractivity contribution in [2.45, 2.75) is 32.7 Å². The molecule has 5 aromatic rings. The van der Waals surface area contributed by atoms with Gasteiger partial charge < -0.3 is 20.0 Å². The van der Waals surface area contributed by atoms with Gasteiger partial charge in [0.25, 0.3) is 5.91 Å². The average molecular weight is 612 g/mol. The molecule has 0 saturated heterocycles. The van der Waals surface area contributed by atoms with Crippen molar-refractivity contribution in [3.8, 4) is 22.7 Å². The van der Waals surface area contributed by atoms with Crippen LogP contribution in [0.3, 0.4) is 0 Å². The zero-order valence-electron chi connectivity index (χ0n) is 20.9. The highest BCUT2D eigenvalue weighted by molar-refractivity contribution is 9.10. The molecule has 0 aliphatic carbocycles. The minimum absolute atomic E-state index is 0.0778. The van der Waals surface area contributed by atoms with E-state index in [4.69, 9.17) is 21.8 Å². The summed E-state index contributed by atoms with van der Waals surface area (Å²) >= 11 is 10.1. The van der Waals surface area contributed by atoms with E-state index < -0.39 is 11.8 Å². The summed E-state index contributed by atoms with van der Waals surface area (Å²) in [6.45, 7) is 2.11. The number of halogens is 2. The van der Waals surface area contributed by atoms with Crippen molar-refractivity contribution in [1.29, 1.82) is 0 Å². The summed E-state index contributed by atoms with van der Waals surface area (Å²) in [4.78, 5) is 28.6. The number of carbonyl (C=O) groups is 2. The van der Waals surface area contributed by atoms with Crippen molar-refractivity contribution >= 4 is 50.3 Å². The third kappa shape index (κ3) is 5.43. The Balaban J connectivity index is 1.53. The first-order chi connectivity index (χ1) is 18.9. The number of amides is 2. The number of hydrogen-bond donors (Lipinski definition) is 3. The van der Waals surface area contributed by atoms with Crippen molar-refractivity contribution in [2.75, 3.05) is 6.54 Å². The number of aromatic nitrogens is 6. The molecular formula is C26H24BrClN8O3. The normalized spacial score (nSPS) is 11.3. The molecular weight excluding hydrogens is 588 g/mol. The van der Waals surface area contributed by atoms with Crippen molar-refractivity contribution in [1.82, 2.24) is 35.5 Å². The van der Waals surface area contributed by atoms with Gasteiger partial charge in [0.15, 0.2) is 5.15 Å². The number of fused-ring (bicyclic) bond motifs is 1. The van der Waals surface area contributed by atoms with Gasteiger partial charge in [-0.3, -0.25) is 9.59 Å². The van der Waals surface area contributed by atoms with Gasteiger partial charge in [-0.05, 0) is 45.3 Å². The largest absolute Gasteiger partial charge is 0.455 e. The van der Waals surface area contributed by atoms with Gasteiger partial charge in [-0.25, -0.2) is 4.98 Å². The Morgan fingerprint density at radius 3 is 2.72 bits per heavy atom. The molecule has 13 heteroatoms. The highest BCUT2D eigenvalue weighted by Gasteiger charge is 2.23. The first-order valence-corrected chi connectivity index (χ1v) is 13.4. The molecule has 2 aromatic carbocycles. The molecule has 0 aliphatic rings. The minimum atomic E-state index is -0.649. The van der Waals surface area contributed by atoms with Crippen LogP contribution in [0.15, 0.2) is 51.4 Å². The molecule has 3 aromatic heterocycles. The van der Waals surface area contributed by atoms with Crippen LogP contribution in [0, 0.1) is 0 Å². The fourth-order valence-corrected chi connectivity index (χ4v) is 5.24. The van der Waals surface area contributed by atoms with Gasteiger partial charge in [-0.15, -0.1) is 10.2 Å². The third-order valence-electron chi connectivity index (χ3n) is 6.19. The Kier molecular flexibility index (Phi) is 7.75. The molecule has 11 nitrogen and oxygen atoms in total. The number of nitrogens with two attached hydrogens (primary N) is 1. The summed E-state index contributed by atoms with van der Waals surface area (Å²) in [7, 11) is 0. The molecule has 0 saturated carbocycles. The van der Waals surface area contributed by atoms with E-state index in [-0.39, 0.29) is 17.4 Å². The van der Waals surface area contributed by atoms with Crippen molar-refractivity contribution in [2.24, 2.45) is 5.73 Å². The second kappa shape index (κ2) is 11.4. The number of imidazole rings is 1. The van der Waals surface area contributed by atoms with Crippen LogP contribution >= 0.6 is 27.5 Å². The lowest BCUT2D eigenvalue weighted by Crippen LogP contribution is -2.34. The zero-order valence-corrected chi connectivity index (χ0v) is 23.2. The number of rotatable bonds is 10. The number of aryl methyl sites for hydroxylation is 1. The number of benzene rings is 2.